The van der Waals surface area contributed by atoms with Gasteiger partial charge in [0, 0.05) is 26.2 Å². The molecule has 1 fully saturated rings. The molecule has 9 heteroatoms. The predicted octanol–water partition coefficient (Wildman–Crippen LogP) is 2.05. The van der Waals surface area contributed by atoms with Crippen molar-refractivity contribution in [3.63, 3.8) is 0 Å². The zero-order chi connectivity index (χ0) is 20.9. The SMILES string of the molecule is O=C(O)C1CCN(S(=O)(=O)NC(=O)N(Cc2ccccc2)Cc2ccccc2)C1. The second-order valence-electron chi connectivity index (χ2n) is 6.92. The summed E-state index contributed by atoms with van der Waals surface area (Å²) in [5, 5.41) is 9.08. The Morgan fingerprint density at radius 2 is 1.52 bits per heavy atom. The third kappa shape index (κ3) is 5.55. The van der Waals surface area contributed by atoms with E-state index in [1.54, 1.807) is 0 Å². The van der Waals surface area contributed by atoms with E-state index < -0.39 is 28.1 Å². The van der Waals surface area contributed by atoms with Gasteiger partial charge in [-0.1, -0.05) is 60.7 Å². The van der Waals surface area contributed by atoms with Crippen LogP contribution in [0, 0.1) is 5.92 Å². The van der Waals surface area contributed by atoms with Gasteiger partial charge in [-0.25, -0.2) is 9.52 Å². The number of amides is 2. The molecule has 2 aromatic carbocycles. The molecule has 1 atom stereocenters. The number of rotatable bonds is 7. The summed E-state index contributed by atoms with van der Waals surface area (Å²) in [6, 6.07) is 17.8. The molecule has 3 rings (SSSR count). The van der Waals surface area contributed by atoms with Crippen LogP contribution in [0.2, 0.25) is 0 Å². The fourth-order valence-corrected chi connectivity index (χ4v) is 4.40. The fourth-order valence-electron chi connectivity index (χ4n) is 3.19. The minimum atomic E-state index is -4.13. The first kappa shape index (κ1) is 20.8. The Balaban J connectivity index is 1.74. The van der Waals surface area contributed by atoms with Gasteiger partial charge in [0.2, 0.25) is 0 Å². The molecule has 1 aliphatic heterocycles. The molecule has 1 aliphatic rings. The summed E-state index contributed by atoms with van der Waals surface area (Å²) in [4.78, 5) is 25.3. The van der Waals surface area contributed by atoms with E-state index in [1.165, 1.54) is 4.90 Å². The summed E-state index contributed by atoms with van der Waals surface area (Å²) in [5.74, 6) is -1.80. The lowest BCUT2D eigenvalue weighted by Gasteiger charge is -2.25. The number of aliphatic carboxylic acids is 1. The van der Waals surface area contributed by atoms with Gasteiger partial charge in [0.15, 0.2) is 0 Å². The van der Waals surface area contributed by atoms with E-state index in [-0.39, 0.29) is 32.6 Å². The second-order valence-corrected chi connectivity index (χ2v) is 8.59. The minimum Gasteiger partial charge on any atom is -0.481 e. The molecule has 8 nitrogen and oxygen atoms in total. The highest BCUT2D eigenvalue weighted by Crippen LogP contribution is 2.19. The fraction of sp³-hybridized carbons (Fsp3) is 0.300. The van der Waals surface area contributed by atoms with Crippen LogP contribution < -0.4 is 4.72 Å². The summed E-state index contributed by atoms with van der Waals surface area (Å²) < 4.78 is 28.3. The molecule has 154 valence electrons. The molecular weight excluding hydrogens is 394 g/mol. The van der Waals surface area contributed by atoms with Crippen LogP contribution in [0.5, 0.6) is 0 Å². The smallest absolute Gasteiger partial charge is 0.332 e. The highest BCUT2D eigenvalue weighted by atomic mass is 32.2. The van der Waals surface area contributed by atoms with Crippen molar-refractivity contribution in [1.29, 1.82) is 0 Å². The first-order valence-electron chi connectivity index (χ1n) is 9.22. The van der Waals surface area contributed by atoms with Crippen molar-refractivity contribution in [2.45, 2.75) is 19.5 Å². The topological polar surface area (TPSA) is 107 Å². The maximum Gasteiger partial charge on any atom is 0.332 e. The number of benzene rings is 2. The predicted molar refractivity (Wildman–Crippen MR) is 107 cm³/mol. The molecule has 2 amide bonds. The van der Waals surface area contributed by atoms with Gasteiger partial charge in [0.05, 0.1) is 5.92 Å². The average Bonchev–Trinajstić information content (AvgIpc) is 3.20. The molecule has 29 heavy (non-hydrogen) atoms. The Kier molecular flexibility index (Phi) is 6.50. The van der Waals surface area contributed by atoms with E-state index >= 15 is 0 Å². The number of nitrogens with one attached hydrogen (secondary N) is 1. The van der Waals surface area contributed by atoms with Crippen LogP contribution in [0.25, 0.3) is 0 Å². The second kappa shape index (κ2) is 9.06. The van der Waals surface area contributed by atoms with Gasteiger partial charge in [0.25, 0.3) is 0 Å². The molecule has 0 aliphatic carbocycles. The van der Waals surface area contributed by atoms with E-state index in [4.69, 9.17) is 5.11 Å². The summed E-state index contributed by atoms with van der Waals surface area (Å²) in [5.41, 5.74) is 1.73. The van der Waals surface area contributed by atoms with E-state index in [0.29, 0.717) is 0 Å². The molecule has 0 spiro atoms. The summed E-state index contributed by atoms with van der Waals surface area (Å²) in [6.07, 6.45) is 0.224. The lowest BCUT2D eigenvalue weighted by molar-refractivity contribution is -0.141. The van der Waals surface area contributed by atoms with Crippen LogP contribution in [-0.4, -0.2) is 47.8 Å². The summed E-state index contributed by atoms with van der Waals surface area (Å²) in [6.45, 7) is 0.385. The van der Waals surface area contributed by atoms with Gasteiger partial charge in [0.1, 0.15) is 0 Å². The Hall–Kier alpha value is -2.91. The standard InChI is InChI=1S/C20H23N3O5S/c24-19(25)18-11-12-23(15-18)29(27,28)21-20(26)22(13-16-7-3-1-4-8-16)14-17-9-5-2-6-10-17/h1-10,18H,11-15H2,(H,21,26)(H,24,25). The van der Waals surface area contributed by atoms with Crippen LogP contribution in [0.1, 0.15) is 17.5 Å². The molecule has 2 aromatic rings. The third-order valence-electron chi connectivity index (χ3n) is 4.78. The number of carbonyl (C=O) groups excluding carboxylic acids is 1. The number of hydrogen-bond donors (Lipinski definition) is 2. The summed E-state index contributed by atoms with van der Waals surface area (Å²) in [7, 11) is -4.13. The van der Waals surface area contributed by atoms with Crippen molar-refractivity contribution in [1.82, 2.24) is 13.9 Å². The maximum absolute atomic E-state index is 12.8. The van der Waals surface area contributed by atoms with E-state index in [9.17, 15) is 18.0 Å². The van der Waals surface area contributed by atoms with Gasteiger partial charge < -0.3 is 10.0 Å². The van der Waals surface area contributed by atoms with Gasteiger partial charge in [-0.3, -0.25) is 4.79 Å². The molecule has 0 radical (unpaired) electrons. The lowest BCUT2D eigenvalue weighted by atomic mass is 10.1. The Labute approximate surface area is 169 Å². The zero-order valence-corrected chi connectivity index (χ0v) is 16.6. The van der Waals surface area contributed by atoms with Crippen LogP contribution in [0.4, 0.5) is 4.79 Å². The van der Waals surface area contributed by atoms with Crippen molar-refractivity contribution in [2.24, 2.45) is 5.92 Å². The van der Waals surface area contributed by atoms with Crippen molar-refractivity contribution in [3.8, 4) is 0 Å². The van der Waals surface area contributed by atoms with Crippen LogP contribution in [0.15, 0.2) is 60.7 Å². The number of carbonyl (C=O) groups is 2. The molecule has 2 N–H and O–H groups in total. The van der Waals surface area contributed by atoms with Crippen LogP contribution in [0.3, 0.4) is 0 Å². The highest BCUT2D eigenvalue weighted by molar-refractivity contribution is 7.87. The number of carboxylic acids is 1. The number of urea groups is 1. The zero-order valence-electron chi connectivity index (χ0n) is 15.8. The molecule has 0 aromatic heterocycles. The van der Waals surface area contributed by atoms with Gasteiger partial charge in [-0.15, -0.1) is 0 Å². The van der Waals surface area contributed by atoms with Crippen molar-refractivity contribution >= 4 is 22.2 Å². The number of nitrogens with zero attached hydrogens (tertiary/aromatic N) is 2. The molecule has 0 bridgehead atoms. The van der Waals surface area contributed by atoms with Crippen LogP contribution >= 0.6 is 0 Å². The minimum absolute atomic E-state index is 0.0664. The number of hydrogen-bond acceptors (Lipinski definition) is 4. The Morgan fingerprint density at radius 3 is 1.97 bits per heavy atom. The van der Waals surface area contributed by atoms with Crippen molar-refractivity contribution < 1.29 is 23.1 Å². The third-order valence-corrected chi connectivity index (χ3v) is 6.22. The Morgan fingerprint density at radius 1 is 1.00 bits per heavy atom. The van der Waals surface area contributed by atoms with Gasteiger partial charge in [-0.2, -0.15) is 12.7 Å². The first-order chi connectivity index (χ1) is 13.8. The monoisotopic (exact) mass is 417 g/mol. The quantitative estimate of drug-likeness (QED) is 0.717. The largest absolute Gasteiger partial charge is 0.481 e. The van der Waals surface area contributed by atoms with Gasteiger partial charge in [-0.05, 0) is 17.5 Å². The van der Waals surface area contributed by atoms with Crippen molar-refractivity contribution in [3.05, 3.63) is 71.8 Å². The molecule has 1 saturated heterocycles. The number of carboxylic acid groups (broad SMARTS) is 1. The van der Waals surface area contributed by atoms with Crippen molar-refractivity contribution in [2.75, 3.05) is 13.1 Å². The van der Waals surface area contributed by atoms with Gasteiger partial charge >= 0.3 is 22.2 Å². The van der Waals surface area contributed by atoms with E-state index in [0.717, 1.165) is 15.4 Å². The molecular formula is C20H23N3O5S. The molecule has 0 saturated carbocycles. The van der Waals surface area contributed by atoms with E-state index in [1.807, 2.05) is 60.7 Å². The molecule has 1 unspecified atom stereocenters. The molecule has 1 heterocycles. The summed E-state index contributed by atoms with van der Waals surface area (Å²) >= 11 is 0. The first-order valence-corrected chi connectivity index (χ1v) is 10.7. The van der Waals surface area contributed by atoms with E-state index in [2.05, 4.69) is 4.72 Å². The normalized spacial score (nSPS) is 17.0. The highest BCUT2D eigenvalue weighted by Gasteiger charge is 2.36. The lowest BCUT2D eigenvalue weighted by Crippen LogP contribution is -2.48. The average molecular weight is 417 g/mol. The van der Waals surface area contributed by atoms with Crippen LogP contribution in [-0.2, 0) is 28.1 Å². The Bertz CT molecular complexity index is 909. The maximum atomic E-state index is 12.8.